The minimum atomic E-state index is 0.385. The Morgan fingerprint density at radius 3 is 2.90 bits per heavy atom. The summed E-state index contributed by atoms with van der Waals surface area (Å²) >= 11 is 0. The normalized spacial score (nSPS) is 16.6. The zero-order chi connectivity index (χ0) is 13.8. The first kappa shape index (κ1) is 12.9. The Morgan fingerprint density at radius 2 is 2.10 bits per heavy atom. The third-order valence-corrected chi connectivity index (χ3v) is 3.64. The number of nitrogens with one attached hydrogen (secondary N) is 2. The van der Waals surface area contributed by atoms with Crippen LogP contribution in [0, 0.1) is 0 Å². The summed E-state index contributed by atoms with van der Waals surface area (Å²) in [6.45, 7) is 0. The van der Waals surface area contributed by atoms with Crippen molar-refractivity contribution < 1.29 is 0 Å². The van der Waals surface area contributed by atoms with E-state index in [0.29, 0.717) is 12.0 Å². The SMILES string of the molecule is NNC(=NC1CCCC1)Nc1ccc2ncccc2c1. The summed E-state index contributed by atoms with van der Waals surface area (Å²) in [5, 5.41) is 4.33. The lowest BCUT2D eigenvalue weighted by Gasteiger charge is -2.12. The van der Waals surface area contributed by atoms with Gasteiger partial charge in [0.05, 0.1) is 11.6 Å². The van der Waals surface area contributed by atoms with Crippen molar-refractivity contribution in [1.29, 1.82) is 0 Å². The van der Waals surface area contributed by atoms with E-state index in [9.17, 15) is 0 Å². The number of rotatable bonds is 2. The number of fused-ring (bicyclic) bond motifs is 1. The van der Waals surface area contributed by atoms with E-state index in [1.54, 1.807) is 6.20 Å². The number of benzene rings is 1. The molecule has 0 atom stereocenters. The molecule has 1 aliphatic carbocycles. The number of hydrogen-bond donors (Lipinski definition) is 3. The first-order chi connectivity index (χ1) is 9.85. The highest BCUT2D eigenvalue weighted by molar-refractivity contribution is 5.95. The molecule has 2 aromatic rings. The van der Waals surface area contributed by atoms with Crippen LogP contribution in [0.2, 0.25) is 0 Å². The molecule has 0 radical (unpaired) electrons. The molecule has 104 valence electrons. The number of aliphatic imine (C=N–C) groups is 1. The molecular weight excluding hydrogens is 250 g/mol. The number of anilines is 1. The van der Waals surface area contributed by atoms with Gasteiger partial charge in [-0.2, -0.15) is 0 Å². The number of nitrogens with two attached hydrogens (primary N) is 1. The lowest BCUT2D eigenvalue weighted by atomic mass is 10.2. The van der Waals surface area contributed by atoms with E-state index in [1.165, 1.54) is 12.8 Å². The molecule has 20 heavy (non-hydrogen) atoms. The molecule has 3 rings (SSSR count). The predicted molar refractivity (Wildman–Crippen MR) is 82.4 cm³/mol. The topological polar surface area (TPSA) is 75.3 Å². The van der Waals surface area contributed by atoms with Gasteiger partial charge in [0.25, 0.3) is 0 Å². The third-order valence-electron chi connectivity index (χ3n) is 3.64. The highest BCUT2D eigenvalue weighted by Crippen LogP contribution is 2.21. The van der Waals surface area contributed by atoms with Crippen molar-refractivity contribution in [1.82, 2.24) is 10.4 Å². The van der Waals surface area contributed by atoms with Crippen LogP contribution in [0.4, 0.5) is 5.69 Å². The molecule has 0 saturated heterocycles. The second kappa shape index (κ2) is 5.88. The molecule has 0 bridgehead atoms. The monoisotopic (exact) mass is 269 g/mol. The molecule has 1 heterocycles. The summed E-state index contributed by atoms with van der Waals surface area (Å²) in [5.74, 6) is 6.18. The van der Waals surface area contributed by atoms with E-state index < -0.39 is 0 Å². The maximum Gasteiger partial charge on any atom is 0.210 e. The summed E-state index contributed by atoms with van der Waals surface area (Å²) in [7, 11) is 0. The van der Waals surface area contributed by atoms with E-state index in [1.807, 2.05) is 30.3 Å². The highest BCUT2D eigenvalue weighted by atomic mass is 15.3. The van der Waals surface area contributed by atoms with Gasteiger partial charge in [-0.15, -0.1) is 0 Å². The van der Waals surface area contributed by atoms with E-state index >= 15 is 0 Å². The quantitative estimate of drug-likeness (QED) is 0.339. The second-order valence-electron chi connectivity index (χ2n) is 5.10. The fraction of sp³-hybridized carbons (Fsp3) is 0.333. The van der Waals surface area contributed by atoms with Crippen LogP contribution < -0.4 is 16.6 Å². The molecule has 1 fully saturated rings. The average Bonchev–Trinajstić information content (AvgIpc) is 2.99. The minimum absolute atomic E-state index is 0.385. The first-order valence-corrected chi connectivity index (χ1v) is 7.01. The van der Waals surface area contributed by atoms with Crippen LogP contribution in [-0.2, 0) is 0 Å². The first-order valence-electron chi connectivity index (χ1n) is 7.01. The van der Waals surface area contributed by atoms with Gasteiger partial charge in [0.15, 0.2) is 0 Å². The van der Waals surface area contributed by atoms with Crippen LogP contribution in [0.1, 0.15) is 25.7 Å². The van der Waals surface area contributed by atoms with Gasteiger partial charge in [0.1, 0.15) is 0 Å². The van der Waals surface area contributed by atoms with E-state index in [0.717, 1.165) is 29.4 Å². The highest BCUT2D eigenvalue weighted by Gasteiger charge is 2.14. The number of guanidine groups is 1. The standard InChI is InChI=1S/C15H19N5/c16-20-15(18-12-5-1-2-6-12)19-13-7-8-14-11(10-13)4-3-9-17-14/h3-4,7-10,12H,1-2,5-6,16H2,(H2,18,19,20). The van der Waals surface area contributed by atoms with Gasteiger partial charge < -0.3 is 5.32 Å². The molecule has 1 saturated carbocycles. The van der Waals surface area contributed by atoms with Gasteiger partial charge in [0.2, 0.25) is 5.96 Å². The number of pyridine rings is 1. The molecule has 1 aliphatic rings. The molecule has 0 spiro atoms. The Hall–Kier alpha value is -2.14. The summed E-state index contributed by atoms with van der Waals surface area (Å²) < 4.78 is 0. The maximum atomic E-state index is 5.56. The third kappa shape index (κ3) is 2.88. The Kier molecular flexibility index (Phi) is 3.78. The van der Waals surface area contributed by atoms with Gasteiger partial charge >= 0.3 is 0 Å². The molecule has 0 amide bonds. The van der Waals surface area contributed by atoms with Crippen LogP contribution in [0.25, 0.3) is 10.9 Å². The number of nitrogens with zero attached hydrogens (tertiary/aromatic N) is 2. The van der Waals surface area contributed by atoms with Crippen molar-refractivity contribution in [3.05, 3.63) is 36.5 Å². The van der Waals surface area contributed by atoms with Crippen molar-refractivity contribution in [3.63, 3.8) is 0 Å². The molecule has 5 heteroatoms. The maximum absolute atomic E-state index is 5.56. The van der Waals surface area contributed by atoms with Crippen LogP contribution in [0.15, 0.2) is 41.5 Å². The average molecular weight is 269 g/mol. The van der Waals surface area contributed by atoms with Gasteiger partial charge in [0, 0.05) is 17.3 Å². The molecule has 0 unspecified atom stereocenters. The Balaban J connectivity index is 1.79. The van der Waals surface area contributed by atoms with Crippen molar-refractivity contribution in [2.75, 3.05) is 5.32 Å². The van der Waals surface area contributed by atoms with Crippen molar-refractivity contribution >= 4 is 22.5 Å². The lowest BCUT2D eigenvalue weighted by Crippen LogP contribution is -2.37. The summed E-state index contributed by atoms with van der Waals surface area (Å²) in [5.41, 5.74) is 4.59. The van der Waals surface area contributed by atoms with Gasteiger partial charge in [-0.25, -0.2) is 10.8 Å². The zero-order valence-corrected chi connectivity index (χ0v) is 11.3. The molecule has 1 aromatic heterocycles. The van der Waals surface area contributed by atoms with Crippen molar-refractivity contribution in [2.45, 2.75) is 31.7 Å². The number of hydrazine groups is 1. The van der Waals surface area contributed by atoms with Gasteiger partial charge in [-0.1, -0.05) is 18.9 Å². The number of hydrogen-bond acceptors (Lipinski definition) is 3. The number of aromatic nitrogens is 1. The van der Waals surface area contributed by atoms with E-state index in [4.69, 9.17) is 5.84 Å². The molecule has 4 N–H and O–H groups in total. The van der Waals surface area contributed by atoms with E-state index in [-0.39, 0.29) is 0 Å². The molecular formula is C15H19N5. The van der Waals surface area contributed by atoms with Gasteiger partial charge in [-0.3, -0.25) is 10.4 Å². The molecule has 1 aromatic carbocycles. The summed E-state index contributed by atoms with van der Waals surface area (Å²) in [6.07, 6.45) is 6.61. The molecule has 0 aliphatic heterocycles. The minimum Gasteiger partial charge on any atom is -0.325 e. The summed E-state index contributed by atoms with van der Waals surface area (Å²) in [6, 6.07) is 10.4. The lowest BCUT2D eigenvalue weighted by molar-refractivity contribution is 0.700. The smallest absolute Gasteiger partial charge is 0.210 e. The zero-order valence-electron chi connectivity index (χ0n) is 11.3. The second-order valence-corrected chi connectivity index (χ2v) is 5.10. The van der Waals surface area contributed by atoms with Crippen LogP contribution >= 0.6 is 0 Å². The predicted octanol–water partition coefficient (Wildman–Crippen LogP) is 2.41. The van der Waals surface area contributed by atoms with E-state index in [2.05, 4.69) is 20.7 Å². The largest absolute Gasteiger partial charge is 0.325 e. The van der Waals surface area contributed by atoms with Crippen LogP contribution in [-0.4, -0.2) is 17.0 Å². The fourth-order valence-electron chi connectivity index (χ4n) is 2.61. The molecule has 5 nitrogen and oxygen atoms in total. The van der Waals surface area contributed by atoms with Crippen molar-refractivity contribution in [3.8, 4) is 0 Å². The van der Waals surface area contributed by atoms with Crippen LogP contribution in [0.5, 0.6) is 0 Å². The Morgan fingerprint density at radius 1 is 1.25 bits per heavy atom. The Bertz CT molecular complexity index is 616. The van der Waals surface area contributed by atoms with Crippen molar-refractivity contribution in [2.24, 2.45) is 10.8 Å². The Labute approximate surface area is 118 Å². The summed E-state index contributed by atoms with van der Waals surface area (Å²) in [4.78, 5) is 8.93. The fourth-order valence-corrected chi connectivity index (χ4v) is 2.61. The van der Waals surface area contributed by atoms with Gasteiger partial charge in [-0.05, 0) is 37.1 Å². The van der Waals surface area contributed by atoms with Crippen LogP contribution in [0.3, 0.4) is 0 Å².